The molecule has 0 radical (unpaired) electrons. The minimum Gasteiger partial charge on any atom is -0.454 e. The highest BCUT2D eigenvalue weighted by atomic mass is 32.1. The van der Waals surface area contributed by atoms with E-state index in [-0.39, 0.29) is 17.8 Å². The first-order valence-electron chi connectivity index (χ1n) is 6.95. The van der Waals surface area contributed by atoms with Crippen molar-refractivity contribution < 1.29 is 14.3 Å². The number of benzene rings is 2. The summed E-state index contributed by atoms with van der Waals surface area (Å²) in [5, 5.41) is 1.51. The number of fused-ring (bicyclic) bond motifs is 1. The molecule has 2 aromatic carbocycles. The standard InChI is InChI=1S/C16H15N3O3S/c17-16(23)19(9-11-4-2-1-3-5-11)18-15(20)12-6-7-13-14(8-12)22-10-21-13/h1-8H,9-10H2,(H2,17,23)(H,18,20). The first kappa shape index (κ1) is 15.1. The summed E-state index contributed by atoms with van der Waals surface area (Å²) in [7, 11) is 0. The minimum atomic E-state index is -0.327. The van der Waals surface area contributed by atoms with Crippen molar-refractivity contribution in [2.45, 2.75) is 6.54 Å². The zero-order valence-corrected chi connectivity index (χ0v) is 13.0. The van der Waals surface area contributed by atoms with Crippen LogP contribution in [0.15, 0.2) is 48.5 Å². The van der Waals surface area contributed by atoms with E-state index >= 15 is 0 Å². The van der Waals surface area contributed by atoms with Crippen molar-refractivity contribution in [3.63, 3.8) is 0 Å². The number of nitrogens with zero attached hydrogens (tertiary/aromatic N) is 1. The number of amides is 1. The van der Waals surface area contributed by atoms with Crippen molar-refractivity contribution in [3.05, 3.63) is 59.7 Å². The van der Waals surface area contributed by atoms with E-state index in [4.69, 9.17) is 27.4 Å². The van der Waals surface area contributed by atoms with Gasteiger partial charge in [0.25, 0.3) is 5.91 Å². The van der Waals surface area contributed by atoms with Crippen LogP contribution in [0.1, 0.15) is 15.9 Å². The Kier molecular flexibility index (Phi) is 4.29. The molecule has 1 aliphatic rings. The van der Waals surface area contributed by atoms with Gasteiger partial charge in [-0.1, -0.05) is 30.3 Å². The van der Waals surface area contributed by atoms with E-state index in [0.717, 1.165) is 5.56 Å². The van der Waals surface area contributed by atoms with Crippen LogP contribution in [0.4, 0.5) is 0 Å². The molecule has 3 N–H and O–H groups in total. The summed E-state index contributed by atoms with van der Waals surface area (Å²) in [5.74, 6) is 0.839. The van der Waals surface area contributed by atoms with Gasteiger partial charge in [-0.3, -0.25) is 15.2 Å². The average molecular weight is 329 g/mol. The molecule has 1 amide bonds. The zero-order valence-electron chi connectivity index (χ0n) is 12.2. The molecule has 0 atom stereocenters. The Morgan fingerprint density at radius 3 is 2.65 bits per heavy atom. The number of nitrogens with two attached hydrogens (primary N) is 1. The maximum Gasteiger partial charge on any atom is 0.270 e. The zero-order chi connectivity index (χ0) is 16.2. The lowest BCUT2D eigenvalue weighted by Gasteiger charge is -2.23. The number of carbonyl (C=O) groups excluding carboxylic acids is 1. The molecular weight excluding hydrogens is 314 g/mol. The molecule has 0 bridgehead atoms. The molecular formula is C16H15N3O3S. The third-order valence-electron chi connectivity index (χ3n) is 3.32. The van der Waals surface area contributed by atoms with Crippen molar-refractivity contribution in [3.8, 4) is 11.5 Å². The van der Waals surface area contributed by atoms with Gasteiger partial charge >= 0.3 is 0 Å². The molecule has 0 fully saturated rings. The molecule has 0 aromatic heterocycles. The molecule has 23 heavy (non-hydrogen) atoms. The normalized spacial score (nSPS) is 11.8. The van der Waals surface area contributed by atoms with E-state index in [1.54, 1.807) is 18.2 Å². The van der Waals surface area contributed by atoms with Crippen LogP contribution in [0.25, 0.3) is 0 Å². The highest BCUT2D eigenvalue weighted by Crippen LogP contribution is 2.32. The van der Waals surface area contributed by atoms with E-state index in [1.807, 2.05) is 30.3 Å². The van der Waals surface area contributed by atoms with Crippen LogP contribution in [0.2, 0.25) is 0 Å². The second-order valence-corrected chi connectivity index (χ2v) is 5.34. The third-order valence-corrected chi connectivity index (χ3v) is 3.54. The van der Waals surface area contributed by atoms with Crippen molar-refractivity contribution >= 4 is 23.2 Å². The third kappa shape index (κ3) is 3.51. The van der Waals surface area contributed by atoms with E-state index in [9.17, 15) is 4.79 Å². The van der Waals surface area contributed by atoms with Crippen molar-refractivity contribution in [1.82, 2.24) is 10.4 Å². The molecule has 6 nitrogen and oxygen atoms in total. The van der Waals surface area contributed by atoms with Crippen LogP contribution >= 0.6 is 12.2 Å². The lowest BCUT2D eigenvalue weighted by molar-refractivity contribution is 0.0865. The summed E-state index contributed by atoms with van der Waals surface area (Å²) in [4.78, 5) is 12.4. The predicted octanol–water partition coefficient (Wildman–Crippen LogP) is 1.81. The lowest BCUT2D eigenvalue weighted by Crippen LogP contribution is -2.48. The van der Waals surface area contributed by atoms with E-state index < -0.39 is 0 Å². The molecule has 0 saturated heterocycles. The molecule has 0 spiro atoms. The summed E-state index contributed by atoms with van der Waals surface area (Å²) in [6.07, 6.45) is 0. The largest absolute Gasteiger partial charge is 0.454 e. The quantitative estimate of drug-likeness (QED) is 0.661. The second-order valence-electron chi connectivity index (χ2n) is 4.92. The van der Waals surface area contributed by atoms with Gasteiger partial charge in [0.2, 0.25) is 6.79 Å². The van der Waals surface area contributed by atoms with Gasteiger partial charge in [-0.25, -0.2) is 0 Å². The fourth-order valence-electron chi connectivity index (χ4n) is 2.16. The monoisotopic (exact) mass is 329 g/mol. The van der Waals surface area contributed by atoms with Gasteiger partial charge in [-0.05, 0) is 36.0 Å². The number of nitrogens with one attached hydrogen (secondary N) is 1. The maximum absolute atomic E-state index is 12.4. The van der Waals surface area contributed by atoms with Gasteiger partial charge in [0, 0.05) is 5.56 Å². The van der Waals surface area contributed by atoms with Crippen molar-refractivity contribution in [2.75, 3.05) is 6.79 Å². The number of rotatable bonds is 3. The van der Waals surface area contributed by atoms with E-state index in [2.05, 4.69) is 5.43 Å². The Bertz CT molecular complexity index is 737. The van der Waals surface area contributed by atoms with Gasteiger partial charge in [0.05, 0.1) is 6.54 Å². The number of hydrogen-bond donors (Lipinski definition) is 2. The molecule has 0 aliphatic carbocycles. The molecule has 0 unspecified atom stereocenters. The summed E-state index contributed by atoms with van der Waals surface area (Å²) in [6.45, 7) is 0.542. The van der Waals surface area contributed by atoms with Gasteiger partial charge in [0.15, 0.2) is 16.6 Å². The summed E-state index contributed by atoms with van der Waals surface area (Å²) < 4.78 is 10.5. The Morgan fingerprint density at radius 1 is 1.17 bits per heavy atom. The summed E-state index contributed by atoms with van der Waals surface area (Å²) in [6, 6.07) is 14.6. The molecule has 1 heterocycles. The number of thiocarbonyl (C=S) groups is 1. The van der Waals surface area contributed by atoms with Gasteiger partial charge in [-0.15, -0.1) is 0 Å². The van der Waals surface area contributed by atoms with E-state index in [0.29, 0.717) is 23.6 Å². The highest BCUT2D eigenvalue weighted by Gasteiger charge is 2.18. The fraction of sp³-hybridized carbons (Fsp3) is 0.125. The maximum atomic E-state index is 12.4. The Morgan fingerprint density at radius 2 is 1.91 bits per heavy atom. The lowest BCUT2D eigenvalue weighted by atomic mass is 10.2. The summed E-state index contributed by atoms with van der Waals surface area (Å²) in [5.41, 5.74) is 9.82. The van der Waals surface area contributed by atoms with Crippen LogP contribution in [-0.4, -0.2) is 22.8 Å². The average Bonchev–Trinajstić information content (AvgIpc) is 3.02. The smallest absolute Gasteiger partial charge is 0.270 e. The van der Waals surface area contributed by atoms with Crippen LogP contribution in [0.3, 0.4) is 0 Å². The molecule has 3 rings (SSSR count). The Labute approximate surface area is 138 Å². The second kappa shape index (κ2) is 6.53. The van der Waals surface area contributed by atoms with Crippen LogP contribution in [0.5, 0.6) is 11.5 Å². The number of carbonyl (C=O) groups is 1. The predicted molar refractivity (Wildman–Crippen MR) is 88.8 cm³/mol. The Balaban J connectivity index is 1.72. The molecule has 2 aromatic rings. The molecule has 118 valence electrons. The van der Waals surface area contributed by atoms with Crippen LogP contribution in [0, 0.1) is 0 Å². The van der Waals surface area contributed by atoms with Gasteiger partial charge in [-0.2, -0.15) is 0 Å². The van der Waals surface area contributed by atoms with Crippen molar-refractivity contribution in [1.29, 1.82) is 0 Å². The molecule has 0 saturated carbocycles. The molecule has 7 heteroatoms. The number of hydrogen-bond acceptors (Lipinski definition) is 4. The van der Waals surface area contributed by atoms with Crippen LogP contribution in [-0.2, 0) is 6.54 Å². The van der Waals surface area contributed by atoms with Gasteiger partial charge in [0.1, 0.15) is 0 Å². The fourth-order valence-corrected chi connectivity index (χ4v) is 2.27. The van der Waals surface area contributed by atoms with Crippen molar-refractivity contribution in [2.24, 2.45) is 5.73 Å². The topological polar surface area (TPSA) is 76.8 Å². The first-order valence-corrected chi connectivity index (χ1v) is 7.36. The highest BCUT2D eigenvalue weighted by molar-refractivity contribution is 7.80. The minimum absolute atomic E-state index is 0.0861. The number of hydrazine groups is 1. The summed E-state index contributed by atoms with van der Waals surface area (Å²) >= 11 is 5.01. The van der Waals surface area contributed by atoms with Gasteiger partial charge < -0.3 is 15.2 Å². The number of ether oxygens (including phenoxy) is 2. The van der Waals surface area contributed by atoms with E-state index in [1.165, 1.54) is 5.01 Å². The van der Waals surface area contributed by atoms with Crippen LogP contribution < -0.4 is 20.6 Å². The Hall–Kier alpha value is -2.80. The molecule has 1 aliphatic heterocycles. The first-order chi connectivity index (χ1) is 11.1. The SMILES string of the molecule is NC(=S)N(Cc1ccccc1)NC(=O)c1ccc2c(c1)OCO2.